The van der Waals surface area contributed by atoms with Gasteiger partial charge in [-0.15, -0.1) is 11.3 Å². The van der Waals surface area contributed by atoms with E-state index in [1.54, 1.807) is 24.1 Å². The normalized spacial score (nSPS) is 10.4. The molecular weight excluding hydrogens is 374 g/mol. The number of rotatable bonds is 6. The quantitative estimate of drug-likeness (QED) is 0.671. The van der Waals surface area contributed by atoms with Crippen LogP contribution in [0.4, 0.5) is 0 Å². The van der Waals surface area contributed by atoms with Crippen molar-refractivity contribution in [3.05, 3.63) is 50.1 Å². The van der Waals surface area contributed by atoms with E-state index >= 15 is 0 Å². The molecule has 0 N–H and O–H groups in total. The lowest BCUT2D eigenvalue weighted by Crippen LogP contribution is -2.28. The van der Waals surface area contributed by atoms with Crippen LogP contribution in [0.25, 0.3) is 0 Å². The third-order valence-electron chi connectivity index (χ3n) is 2.86. The van der Waals surface area contributed by atoms with E-state index in [1.165, 1.54) is 11.3 Å². The van der Waals surface area contributed by atoms with Gasteiger partial charge in [-0.2, -0.15) is 0 Å². The SMILES string of the molecule is CN(CCCOc1cccc(Cl)c1)C(=O)c1sccc1Br. The van der Waals surface area contributed by atoms with Crippen LogP contribution in [0.15, 0.2) is 40.2 Å². The Morgan fingerprint density at radius 3 is 2.90 bits per heavy atom. The molecule has 112 valence electrons. The Kier molecular flexibility index (Phi) is 6.08. The fraction of sp³-hybridized carbons (Fsp3) is 0.267. The molecule has 0 unspecified atom stereocenters. The summed E-state index contributed by atoms with van der Waals surface area (Å²) in [6.07, 6.45) is 0.762. The van der Waals surface area contributed by atoms with E-state index in [4.69, 9.17) is 16.3 Å². The smallest absolute Gasteiger partial charge is 0.264 e. The minimum Gasteiger partial charge on any atom is -0.493 e. The minimum absolute atomic E-state index is 0.0274. The number of hydrogen-bond donors (Lipinski definition) is 0. The lowest BCUT2D eigenvalue weighted by molar-refractivity contribution is 0.0792. The number of amides is 1. The summed E-state index contributed by atoms with van der Waals surface area (Å²) in [5, 5.41) is 2.55. The van der Waals surface area contributed by atoms with Gasteiger partial charge < -0.3 is 9.64 Å². The van der Waals surface area contributed by atoms with Gasteiger partial charge in [-0.25, -0.2) is 0 Å². The molecule has 0 saturated heterocycles. The standard InChI is InChI=1S/C15H15BrClNO2S/c1-18(15(19)14-13(16)6-9-21-14)7-3-8-20-12-5-2-4-11(17)10-12/h2,4-6,9-10H,3,7-8H2,1H3. The van der Waals surface area contributed by atoms with Crippen LogP contribution < -0.4 is 4.74 Å². The molecule has 6 heteroatoms. The second-order valence-corrected chi connectivity index (χ2v) is 6.69. The highest BCUT2D eigenvalue weighted by molar-refractivity contribution is 9.10. The molecule has 1 heterocycles. The van der Waals surface area contributed by atoms with Crippen LogP contribution in [0.1, 0.15) is 16.1 Å². The van der Waals surface area contributed by atoms with Gasteiger partial charge >= 0.3 is 0 Å². The monoisotopic (exact) mass is 387 g/mol. The number of benzene rings is 1. The molecule has 2 aromatic rings. The van der Waals surface area contributed by atoms with Gasteiger partial charge in [0.05, 0.1) is 6.61 Å². The van der Waals surface area contributed by atoms with Crippen LogP contribution in [-0.4, -0.2) is 31.0 Å². The number of hydrogen-bond acceptors (Lipinski definition) is 3. The van der Waals surface area contributed by atoms with Crippen molar-refractivity contribution in [2.45, 2.75) is 6.42 Å². The third-order valence-corrected chi connectivity index (χ3v) is 4.92. The van der Waals surface area contributed by atoms with E-state index in [2.05, 4.69) is 15.9 Å². The number of thiophene rings is 1. The van der Waals surface area contributed by atoms with Crippen LogP contribution >= 0.6 is 38.9 Å². The summed E-state index contributed by atoms with van der Waals surface area (Å²) in [5.41, 5.74) is 0. The summed E-state index contributed by atoms with van der Waals surface area (Å²) in [6, 6.07) is 9.18. The maximum Gasteiger partial charge on any atom is 0.264 e. The van der Waals surface area contributed by atoms with Crippen molar-refractivity contribution in [3.8, 4) is 5.75 Å². The van der Waals surface area contributed by atoms with E-state index in [-0.39, 0.29) is 5.91 Å². The fourth-order valence-electron chi connectivity index (χ4n) is 1.77. The minimum atomic E-state index is 0.0274. The van der Waals surface area contributed by atoms with Gasteiger partial charge in [0.25, 0.3) is 5.91 Å². The van der Waals surface area contributed by atoms with E-state index in [0.29, 0.717) is 18.2 Å². The van der Waals surface area contributed by atoms with E-state index in [1.807, 2.05) is 23.6 Å². The molecule has 1 amide bonds. The van der Waals surface area contributed by atoms with Gasteiger partial charge in [0.15, 0.2) is 0 Å². The largest absolute Gasteiger partial charge is 0.493 e. The molecule has 0 aliphatic carbocycles. The van der Waals surface area contributed by atoms with Gasteiger partial charge in [0.1, 0.15) is 10.6 Å². The maximum atomic E-state index is 12.2. The Morgan fingerprint density at radius 1 is 1.43 bits per heavy atom. The molecule has 0 spiro atoms. The zero-order valence-corrected chi connectivity index (χ0v) is 14.7. The van der Waals surface area contributed by atoms with Crippen LogP contribution in [0.5, 0.6) is 5.75 Å². The number of nitrogens with zero attached hydrogens (tertiary/aromatic N) is 1. The highest BCUT2D eigenvalue weighted by Crippen LogP contribution is 2.24. The summed E-state index contributed by atoms with van der Waals surface area (Å²) in [6.45, 7) is 1.19. The molecule has 0 fully saturated rings. The van der Waals surface area contributed by atoms with Crippen molar-refractivity contribution in [2.75, 3.05) is 20.2 Å². The highest BCUT2D eigenvalue weighted by Gasteiger charge is 2.15. The number of carbonyl (C=O) groups is 1. The molecular formula is C15H15BrClNO2S. The molecule has 2 rings (SSSR count). The van der Waals surface area contributed by atoms with Crippen molar-refractivity contribution in [1.29, 1.82) is 0 Å². The number of halogens is 2. The van der Waals surface area contributed by atoms with Gasteiger partial charge in [-0.1, -0.05) is 17.7 Å². The zero-order valence-electron chi connectivity index (χ0n) is 11.5. The van der Waals surface area contributed by atoms with Crippen molar-refractivity contribution >= 4 is 44.8 Å². The predicted octanol–water partition coefficient (Wildman–Crippen LogP) is 4.71. The second kappa shape index (κ2) is 7.82. The average molecular weight is 389 g/mol. The third kappa shape index (κ3) is 4.73. The first-order valence-corrected chi connectivity index (χ1v) is 8.50. The summed E-state index contributed by atoms with van der Waals surface area (Å²) < 4.78 is 6.45. The summed E-state index contributed by atoms with van der Waals surface area (Å²) >= 11 is 10.7. The molecule has 0 aliphatic heterocycles. The Morgan fingerprint density at radius 2 is 2.24 bits per heavy atom. The van der Waals surface area contributed by atoms with E-state index < -0.39 is 0 Å². The Balaban J connectivity index is 1.76. The molecule has 1 aromatic carbocycles. The zero-order chi connectivity index (χ0) is 15.2. The van der Waals surface area contributed by atoms with Crippen molar-refractivity contribution in [3.63, 3.8) is 0 Å². The lowest BCUT2D eigenvalue weighted by atomic mass is 10.3. The fourth-order valence-corrected chi connectivity index (χ4v) is 3.48. The molecule has 3 nitrogen and oxygen atoms in total. The summed E-state index contributed by atoms with van der Waals surface area (Å²) in [7, 11) is 1.80. The molecule has 21 heavy (non-hydrogen) atoms. The molecule has 0 saturated carbocycles. The van der Waals surface area contributed by atoms with Gasteiger partial charge in [-0.05, 0) is 52.0 Å². The van der Waals surface area contributed by atoms with Crippen LogP contribution in [-0.2, 0) is 0 Å². The topological polar surface area (TPSA) is 29.5 Å². The first kappa shape index (κ1) is 16.3. The molecule has 0 bridgehead atoms. The van der Waals surface area contributed by atoms with Crippen LogP contribution in [0.2, 0.25) is 5.02 Å². The van der Waals surface area contributed by atoms with Gasteiger partial charge in [-0.3, -0.25) is 4.79 Å². The highest BCUT2D eigenvalue weighted by atomic mass is 79.9. The molecule has 0 atom stereocenters. The van der Waals surface area contributed by atoms with Crippen molar-refractivity contribution in [1.82, 2.24) is 4.90 Å². The first-order valence-electron chi connectivity index (χ1n) is 6.45. The number of ether oxygens (including phenoxy) is 1. The maximum absolute atomic E-state index is 12.2. The number of carbonyl (C=O) groups excluding carboxylic acids is 1. The molecule has 1 aromatic heterocycles. The van der Waals surface area contributed by atoms with Crippen molar-refractivity contribution < 1.29 is 9.53 Å². The predicted molar refractivity (Wildman–Crippen MR) is 90.5 cm³/mol. The van der Waals surface area contributed by atoms with Gasteiger partial charge in [0, 0.05) is 23.1 Å². The molecule has 0 radical (unpaired) electrons. The summed E-state index contributed by atoms with van der Waals surface area (Å²) in [4.78, 5) is 14.6. The van der Waals surface area contributed by atoms with E-state index in [0.717, 1.165) is 21.5 Å². The Labute approximate surface area is 141 Å². The average Bonchev–Trinajstić information content (AvgIpc) is 2.89. The Hall–Kier alpha value is -1.04. The Bertz CT molecular complexity index is 617. The second-order valence-electron chi connectivity index (χ2n) is 4.48. The van der Waals surface area contributed by atoms with Gasteiger partial charge in [0.2, 0.25) is 0 Å². The van der Waals surface area contributed by atoms with Crippen molar-refractivity contribution in [2.24, 2.45) is 0 Å². The van der Waals surface area contributed by atoms with Crippen LogP contribution in [0, 0.1) is 0 Å². The van der Waals surface area contributed by atoms with E-state index in [9.17, 15) is 4.79 Å². The molecule has 0 aliphatic rings. The lowest BCUT2D eigenvalue weighted by Gasteiger charge is -2.16. The first-order chi connectivity index (χ1) is 10.1. The van der Waals surface area contributed by atoms with Crippen LogP contribution in [0.3, 0.4) is 0 Å². The summed E-state index contributed by atoms with van der Waals surface area (Å²) in [5.74, 6) is 0.775.